The van der Waals surface area contributed by atoms with Gasteiger partial charge >= 0.3 is 0 Å². The van der Waals surface area contributed by atoms with Crippen molar-refractivity contribution in [3.05, 3.63) is 95.6 Å². The minimum Gasteiger partial charge on any atom is -0.382 e. The highest BCUT2D eigenvalue weighted by atomic mass is 16.3. The molecule has 0 saturated heterocycles. The quantitative estimate of drug-likeness (QED) is 0.583. The molecule has 2 fully saturated rings. The van der Waals surface area contributed by atoms with Crippen LogP contribution in [0.5, 0.6) is 0 Å². The summed E-state index contributed by atoms with van der Waals surface area (Å²) in [5, 5.41) is 10.9. The van der Waals surface area contributed by atoms with Crippen LogP contribution in [0.2, 0.25) is 0 Å². The third-order valence-corrected chi connectivity index (χ3v) is 7.02. The van der Waals surface area contributed by atoms with E-state index >= 15 is 0 Å². The van der Waals surface area contributed by atoms with Crippen molar-refractivity contribution < 1.29 is 9.90 Å². The number of aliphatic hydroxyl groups is 1. The van der Waals surface area contributed by atoms with Gasteiger partial charge in [-0.2, -0.15) is 0 Å². The van der Waals surface area contributed by atoms with E-state index in [4.69, 9.17) is 0 Å². The number of carbonyl (C=O) groups excluding carboxylic acids is 1. The summed E-state index contributed by atoms with van der Waals surface area (Å²) in [4.78, 5) is 12.7. The van der Waals surface area contributed by atoms with Gasteiger partial charge in [0, 0.05) is 0 Å². The van der Waals surface area contributed by atoms with Gasteiger partial charge in [-0.3, -0.25) is 4.79 Å². The van der Waals surface area contributed by atoms with Gasteiger partial charge in [-0.25, -0.2) is 0 Å². The zero-order chi connectivity index (χ0) is 20.8. The molecule has 156 valence electrons. The minimum absolute atomic E-state index is 0.135. The molecule has 0 spiro atoms. The molecular weight excluding hydrogens is 368 g/mol. The Balaban J connectivity index is 1.28. The number of benzene rings is 2. The third-order valence-electron chi connectivity index (χ3n) is 7.02. The lowest BCUT2D eigenvalue weighted by Crippen LogP contribution is -2.40. The zero-order valence-electron chi connectivity index (χ0n) is 17.7. The standard InChI is InChI=1S/C28H32O2/c29-27(28(30)20-18-26(19-21-28)24-11-5-2-6-12-24)13-7-8-22-14-16-25(17-15-22)23-9-3-1-4-10-23/h1-13,25-26,30H,14-21H2/b13-7-,22-8?. The first-order valence-corrected chi connectivity index (χ1v) is 11.4. The van der Waals surface area contributed by atoms with Gasteiger partial charge in [0.15, 0.2) is 5.78 Å². The highest BCUT2D eigenvalue weighted by molar-refractivity contribution is 5.97. The maximum Gasteiger partial charge on any atom is 0.187 e. The Kier molecular flexibility index (Phi) is 6.64. The van der Waals surface area contributed by atoms with Crippen molar-refractivity contribution in [3.8, 4) is 0 Å². The molecule has 0 heterocycles. The van der Waals surface area contributed by atoms with Crippen LogP contribution in [0.1, 0.15) is 74.3 Å². The molecule has 2 aromatic carbocycles. The van der Waals surface area contributed by atoms with Crippen molar-refractivity contribution in [3.63, 3.8) is 0 Å². The van der Waals surface area contributed by atoms with Crippen molar-refractivity contribution >= 4 is 5.78 Å². The van der Waals surface area contributed by atoms with Crippen LogP contribution in [0, 0.1) is 0 Å². The summed E-state index contributed by atoms with van der Waals surface area (Å²) in [5.74, 6) is 0.962. The summed E-state index contributed by atoms with van der Waals surface area (Å²) < 4.78 is 0. The van der Waals surface area contributed by atoms with Gasteiger partial charge in [-0.1, -0.05) is 78.4 Å². The lowest BCUT2D eigenvalue weighted by molar-refractivity contribution is -0.135. The molecule has 2 nitrogen and oxygen atoms in total. The number of hydrogen-bond donors (Lipinski definition) is 1. The van der Waals surface area contributed by atoms with Crippen LogP contribution in [-0.4, -0.2) is 16.5 Å². The Morgan fingerprint density at radius 3 is 1.83 bits per heavy atom. The first kappa shape index (κ1) is 20.8. The molecule has 2 heteroatoms. The Morgan fingerprint density at radius 1 is 0.800 bits per heavy atom. The van der Waals surface area contributed by atoms with E-state index in [-0.39, 0.29) is 5.78 Å². The fourth-order valence-electron chi connectivity index (χ4n) is 5.04. The van der Waals surface area contributed by atoms with Gasteiger partial charge in [-0.05, 0) is 80.4 Å². The van der Waals surface area contributed by atoms with Gasteiger partial charge in [0.1, 0.15) is 5.60 Å². The van der Waals surface area contributed by atoms with E-state index in [1.165, 1.54) is 29.5 Å². The van der Waals surface area contributed by atoms with Crippen LogP contribution in [0.3, 0.4) is 0 Å². The summed E-state index contributed by atoms with van der Waals surface area (Å²) >= 11 is 0. The molecule has 0 atom stereocenters. The number of carbonyl (C=O) groups is 1. The number of ketones is 1. The van der Waals surface area contributed by atoms with E-state index in [1.807, 2.05) is 12.1 Å². The van der Waals surface area contributed by atoms with E-state index in [0.717, 1.165) is 25.7 Å². The molecule has 0 amide bonds. The largest absolute Gasteiger partial charge is 0.382 e. The molecule has 0 bridgehead atoms. The van der Waals surface area contributed by atoms with E-state index < -0.39 is 5.60 Å². The van der Waals surface area contributed by atoms with Crippen molar-refractivity contribution in [2.45, 2.75) is 68.8 Å². The number of allylic oxidation sites excluding steroid dienone is 3. The Bertz CT molecular complexity index is 877. The fraction of sp³-hybridized carbons (Fsp3) is 0.393. The summed E-state index contributed by atoms with van der Waals surface area (Å²) in [6.45, 7) is 0. The normalized spacial score (nSPS) is 27.2. The molecule has 30 heavy (non-hydrogen) atoms. The molecule has 4 rings (SSSR count). The Hall–Kier alpha value is -2.45. The van der Waals surface area contributed by atoms with Gasteiger partial charge in [0.05, 0.1) is 0 Å². The van der Waals surface area contributed by atoms with E-state index in [9.17, 15) is 9.90 Å². The smallest absolute Gasteiger partial charge is 0.187 e. The second-order valence-electron chi connectivity index (χ2n) is 8.95. The minimum atomic E-state index is -1.19. The van der Waals surface area contributed by atoms with Gasteiger partial charge in [-0.15, -0.1) is 0 Å². The number of rotatable bonds is 5. The molecule has 0 unspecified atom stereocenters. The third kappa shape index (κ3) is 4.99. The first-order chi connectivity index (χ1) is 14.6. The van der Waals surface area contributed by atoms with Gasteiger partial charge < -0.3 is 5.11 Å². The highest BCUT2D eigenvalue weighted by Crippen LogP contribution is 2.39. The molecule has 0 aromatic heterocycles. The lowest BCUT2D eigenvalue weighted by Gasteiger charge is -2.34. The van der Waals surface area contributed by atoms with Crippen LogP contribution in [-0.2, 0) is 4.79 Å². The van der Waals surface area contributed by atoms with E-state index in [1.54, 1.807) is 6.08 Å². The van der Waals surface area contributed by atoms with Crippen LogP contribution in [0.25, 0.3) is 0 Å². The van der Waals surface area contributed by atoms with Gasteiger partial charge in [0.25, 0.3) is 0 Å². The van der Waals surface area contributed by atoms with Crippen LogP contribution in [0.15, 0.2) is 84.5 Å². The Labute approximate surface area is 180 Å². The van der Waals surface area contributed by atoms with Gasteiger partial charge in [0.2, 0.25) is 0 Å². The summed E-state index contributed by atoms with van der Waals surface area (Å²) in [5.41, 5.74) is 2.98. The van der Waals surface area contributed by atoms with Crippen molar-refractivity contribution in [2.75, 3.05) is 0 Å². The zero-order valence-corrected chi connectivity index (χ0v) is 17.7. The average molecular weight is 401 g/mol. The van der Waals surface area contributed by atoms with E-state index in [0.29, 0.717) is 24.7 Å². The molecule has 0 radical (unpaired) electrons. The molecule has 2 saturated carbocycles. The Morgan fingerprint density at radius 2 is 1.30 bits per heavy atom. The molecular formula is C28H32O2. The fourth-order valence-corrected chi connectivity index (χ4v) is 5.04. The lowest BCUT2D eigenvalue weighted by atomic mass is 9.74. The summed E-state index contributed by atoms with van der Waals surface area (Å²) in [6, 6.07) is 21.2. The maximum atomic E-state index is 12.7. The predicted molar refractivity (Wildman–Crippen MR) is 122 cm³/mol. The molecule has 2 aliphatic rings. The second-order valence-corrected chi connectivity index (χ2v) is 8.95. The number of hydrogen-bond acceptors (Lipinski definition) is 2. The van der Waals surface area contributed by atoms with E-state index in [2.05, 4.69) is 60.7 Å². The molecule has 0 aliphatic heterocycles. The van der Waals surface area contributed by atoms with Crippen molar-refractivity contribution in [1.29, 1.82) is 0 Å². The van der Waals surface area contributed by atoms with Crippen LogP contribution in [0.4, 0.5) is 0 Å². The highest BCUT2D eigenvalue weighted by Gasteiger charge is 2.38. The SMILES string of the molecule is O=C(/C=C\C=C1CCC(c2ccccc2)CC1)C1(O)CCC(c2ccccc2)CC1. The molecule has 2 aromatic rings. The summed E-state index contributed by atoms with van der Waals surface area (Å²) in [6.07, 6.45) is 12.9. The average Bonchev–Trinajstić information content (AvgIpc) is 2.81. The monoisotopic (exact) mass is 400 g/mol. The maximum absolute atomic E-state index is 12.7. The molecule has 2 aliphatic carbocycles. The summed E-state index contributed by atoms with van der Waals surface area (Å²) in [7, 11) is 0. The van der Waals surface area contributed by atoms with Crippen LogP contribution < -0.4 is 0 Å². The first-order valence-electron chi connectivity index (χ1n) is 11.4. The molecule has 1 N–H and O–H groups in total. The second kappa shape index (κ2) is 9.57. The van der Waals surface area contributed by atoms with Crippen LogP contribution >= 0.6 is 0 Å². The topological polar surface area (TPSA) is 37.3 Å². The predicted octanol–water partition coefficient (Wildman–Crippen LogP) is 6.48. The van der Waals surface area contributed by atoms with Crippen molar-refractivity contribution in [2.24, 2.45) is 0 Å². The van der Waals surface area contributed by atoms with Crippen molar-refractivity contribution in [1.82, 2.24) is 0 Å².